The van der Waals surface area contributed by atoms with Gasteiger partial charge in [0.05, 0.1) is 17.2 Å². The Morgan fingerprint density at radius 3 is 2.52 bits per heavy atom. The van der Waals surface area contributed by atoms with Crippen LogP contribution < -0.4 is 5.32 Å². The molecule has 5 nitrogen and oxygen atoms in total. The second-order valence-electron chi connectivity index (χ2n) is 6.37. The van der Waals surface area contributed by atoms with Gasteiger partial charge in [-0.05, 0) is 40.0 Å². The summed E-state index contributed by atoms with van der Waals surface area (Å²) in [4.78, 5) is 12.2. The van der Waals surface area contributed by atoms with E-state index in [0.29, 0.717) is 29.8 Å². The van der Waals surface area contributed by atoms with Crippen LogP contribution in [0.4, 0.5) is 13.2 Å². The first-order chi connectivity index (χ1) is 10.5. The maximum atomic E-state index is 12.6. The molecule has 2 rings (SSSR count). The van der Waals surface area contributed by atoms with Crippen LogP contribution in [0, 0.1) is 13.8 Å². The van der Waals surface area contributed by atoms with Crippen LogP contribution in [-0.2, 0) is 11.3 Å². The fraction of sp³-hybridized carbons (Fsp3) is 0.733. The highest BCUT2D eigenvalue weighted by atomic mass is 19.4. The Labute approximate surface area is 132 Å². The van der Waals surface area contributed by atoms with Crippen LogP contribution in [0.2, 0.25) is 0 Å². The minimum absolute atomic E-state index is 0.172. The van der Waals surface area contributed by atoms with Gasteiger partial charge in [-0.25, -0.2) is 0 Å². The minimum atomic E-state index is -4.36. The summed E-state index contributed by atoms with van der Waals surface area (Å²) < 4.78 is 38.5. The van der Waals surface area contributed by atoms with E-state index >= 15 is 0 Å². The van der Waals surface area contributed by atoms with Crippen LogP contribution >= 0.6 is 0 Å². The SMILES string of the molecule is Cc1nn(CC(F)(F)F)c(C)c1C(C)C(=O)NCC1(O)CCC1. The summed E-state index contributed by atoms with van der Waals surface area (Å²) in [6.45, 7) is 3.76. The summed E-state index contributed by atoms with van der Waals surface area (Å²) >= 11 is 0. The first-order valence-corrected chi connectivity index (χ1v) is 7.63. The summed E-state index contributed by atoms with van der Waals surface area (Å²) in [5, 5.41) is 16.6. The average molecular weight is 333 g/mol. The van der Waals surface area contributed by atoms with Crippen molar-refractivity contribution in [2.24, 2.45) is 0 Å². The first-order valence-electron chi connectivity index (χ1n) is 7.63. The minimum Gasteiger partial charge on any atom is -0.388 e. The molecular weight excluding hydrogens is 311 g/mol. The summed E-state index contributed by atoms with van der Waals surface area (Å²) in [7, 11) is 0. The quantitative estimate of drug-likeness (QED) is 0.868. The van der Waals surface area contributed by atoms with Gasteiger partial charge in [0, 0.05) is 17.8 Å². The molecule has 23 heavy (non-hydrogen) atoms. The van der Waals surface area contributed by atoms with Gasteiger partial charge < -0.3 is 10.4 Å². The average Bonchev–Trinajstić information content (AvgIpc) is 2.65. The van der Waals surface area contributed by atoms with Crippen LogP contribution in [-0.4, -0.2) is 39.1 Å². The van der Waals surface area contributed by atoms with Gasteiger partial charge in [-0.3, -0.25) is 9.48 Å². The standard InChI is InChI=1S/C15H22F3N3O2/c1-9(13(22)19-7-14(23)5-4-6-14)12-10(2)20-21(11(12)3)8-15(16,17)18/h9,23H,4-8H2,1-3H3,(H,19,22). The Hall–Kier alpha value is -1.57. The van der Waals surface area contributed by atoms with E-state index in [2.05, 4.69) is 10.4 Å². The predicted octanol–water partition coefficient (Wildman–Crippen LogP) is 2.20. The van der Waals surface area contributed by atoms with Crippen molar-refractivity contribution >= 4 is 5.91 Å². The molecule has 130 valence electrons. The van der Waals surface area contributed by atoms with Gasteiger partial charge in [-0.1, -0.05) is 0 Å². The van der Waals surface area contributed by atoms with Crippen molar-refractivity contribution < 1.29 is 23.1 Å². The largest absolute Gasteiger partial charge is 0.408 e. The van der Waals surface area contributed by atoms with E-state index in [4.69, 9.17) is 0 Å². The van der Waals surface area contributed by atoms with E-state index in [1.54, 1.807) is 13.8 Å². The molecule has 0 aromatic carbocycles. The van der Waals surface area contributed by atoms with E-state index in [0.717, 1.165) is 11.1 Å². The molecule has 1 aliphatic carbocycles. The second kappa shape index (κ2) is 6.14. The van der Waals surface area contributed by atoms with Crippen molar-refractivity contribution in [3.63, 3.8) is 0 Å². The molecule has 1 unspecified atom stereocenters. The number of amides is 1. The Kier molecular flexibility index (Phi) is 4.75. The number of nitrogens with zero attached hydrogens (tertiary/aromatic N) is 2. The van der Waals surface area contributed by atoms with Crippen LogP contribution in [0.15, 0.2) is 0 Å². The molecule has 0 saturated heterocycles. The molecule has 0 radical (unpaired) electrons. The lowest BCUT2D eigenvalue weighted by Gasteiger charge is -2.36. The molecule has 1 saturated carbocycles. The fourth-order valence-corrected chi connectivity index (χ4v) is 2.96. The van der Waals surface area contributed by atoms with Gasteiger partial charge in [0.2, 0.25) is 5.91 Å². The normalized spacial score (nSPS) is 18.4. The van der Waals surface area contributed by atoms with Crippen LogP contribution in [0.25, 0.3) is 0 Å². The van der Waals surface area contributed by atoms with Crippen molar-refractivity contribution in [1.82, 2.24) is 15.1 Å². The van der Waals surface area contributed by atoms with Gasteiger partial charge in [-0.2, -0.15) is 18.3 Å². The van der Waals surface area contributed by atoms with E-state index in [9.17, 15) is 23.1 Å². The fourth-order valence-electron chi connectivity index (χ4n) is 2.96. The van der Waals surface area contributed by atoms with Crippen molar-refractivity contribution in [2.45, 2.75) is 64.3 Å². The van der Waals surface area contributed by atoms with Crippen molar-refractivity contribution in [2.75, 3.05) is 6.54 Å². The van der Waals surface area contributed by atoms with Crippen molar-refractivity contribution in [3.05, 3.63) is 17.0 Å². The van der Waals surface area contributed by atoms with Gasteiger partial charge >= 0.3 is 6.18 Å². The Balaban J connectivity index is 2.09. The Morgan fingerprint density at radius 2 is 2.04 bits per heavy atom. The lowest BCUT2D eigenvalue weighted by Crippen LogP contribution is -2.48. The van der Waals surface area contributed by atoms with E-state index < -0.39 is 24.2 Å². The van der Waals surface area contributed by atoms with Crippen LogP contribution in [0.3, 0.4) is 0 Å². The van der Waals surface area contributed by atoms with Crippen molar-refractivity contribution in [1.29, 1.82) is 0 Å². The number of aliphatic hydroxyl groups is 1. The molecule has 1 amide bonds. The van der Waals surface area contributed by atoms with E-state index in [1.165, 1.54) is 6.92 Å². The highest BCUT2D eigenvalue weighted by Gasteiger charge is 2.36. The number of hydrogen-bond donors (Lipinski definition) is 2. The lowest BCUT2D eigenvalue weighted by molar-refractivity contribution is -0.143. The van der Waals surface area contributed by atoms with Gasteiger partial charge in [0.15, 0.2) is 0 Å². The number of nitrogens with one attached hydrogen (secondary N) is 1. The molecule has 1 heterocycles. The number of aromatic nitrogens is 2. The maximum Gasteiger partial charge on any atom is 0.408 e. The molecular formula is C15H22F3N3O2. The van der Waals surface area contributed by atoms with Gasteiger partial charge in [0.1, 0.15) is 6.54 Å². The smallest absolute Gasteiger partial charge is 0.388 e. The first kappa shape index (κ1) is 17.8. The molecule has 0 spiro atoms. The molecule has 8 heteroatoms. The molecule has 1 aromatic rings. The number of aryl methyl sites for hydroxylation is 1. The molecule has 1 aliphatic rings. The molecule has 0 aliphatic heterocycles. The maximum absolute atomic E-state index is 12.6. The summed E-state index contributed by atoms with van der Waals surface area (Å²) in [5.41, 5.74) is 0.425. The Morgan fingerprint density at radius 1 is 1.43 bits per heavy atom. The molecule has 0 bridgehead atoms. The number of halogens is 3. The number of carbonyl (C=O) groups excluding carboxylic acids is 1. The third-order valence-corrected chi connectivity index (χ3v) is 4.47. The monoisotopic (exact) mass is 333 g/mol. The zero-order valence-corrected chi connectivity index (χ0v) is 13.5. The highest BCUT2D eigenvalue weighted by Crippen LogP contribution is 2.31. The number of rotatable bonds is 5. The predicted molar refractivity (Wildman–Crippen MR) is 78.0 cm³/mol. The highest BCUT2D eigenvalue weighted by molar-refractivity contribution is 5.83. The summed E-state index contributed by atoms with van der Waals surface area (Å²) in [6.07, 6.45) is -2.11. The summed E-state index contributed by atoms with van der Waals surface area (Å²) in [6, 6.07) is 0. The van der Waals surface area contributed by atoms with Crippen molar-refractivity contribution in [3.8, 4) is 0 Å². The Bertz CT molecular complexity index is 592. The lowest BCUT2D eigenvalue weighted by atomic mass is 9.80. The zero-order chi connectivity index (χ0) is 17.4. The zero-order valence-electron chi connectivity index (χ0n) is 13.5. The van der Waals surface area contributed by atoms with E-state index in [1.807, 2.05) is 0 Å². The van der Waals surface area contributed by atoms with Crippen LogP contribution in [0.5, 0.6) is 0 Å². The topological polar surface area (TPSA) is 67.2 Å². The summed E-state index contributed by atoms with van der Waals surface area (Å²) in [5.74, 6) is -0.941. The third kappa shape index (κ3) is 4.04. The van der Waals surface area contributed by atoms with Gasteiger partial charge in [0.25, 0.3) is 0 Å². The van der Waals surface area contributed by atoms with Crippen LogP contribution in [0.1, 0.15) is 49.1 Å². The number of hydrogen-bond acceptors (Lipinski definition) is 3. The molecule has 1 atom stereocenters. The number of carbonyl (C=O) groups is 1. The molecule has 1 fully saturated rings. The van der Waals surface area contributed by atoms with Gasteiger partial charge in [-0.15, -0.1) is 0 Å². The number of alkyl halides is 3. The van der Waals surface area contributed by atoms with E-state index in [-0.39, 0.29) is 12.5 Å². The second-order valence-corrected chi connectivity index (χ2v) is 6.37. The molecule has 1 aromatic heterocycles. The third-order valence-electron chi connectivity index (χ3n) is 4.47. The molecule has 2 N–H and O–H groups in total.